The topological polar surface area (TPSA) is 0 Å². The highest BCUT2D eigenvalue weighted by atomic mass is 32.2. The molecule has 2 fully saturated rings. The Morgan fingerprint density at radius 3 is 1.00 bits per heavy atom. The van der Waals surface area contributed by atoms with Gasteiger partial charge in [0.15, 0.2) is 0 Å². The van der Waals surface area contributed by atoms with Crippen LogP contribution < -0.4 is 20.9 Å². The van der Waals surface area contributed by atoms with E-state index in [4.69, 9.17) is 0 Å². The average Bonchev–Trinajstić information content (AvgIpc) is 3.08. The van der Waals surface area contributed by atoms with Gasteiger partial charge in [0.1, 0.15) is 0 Å². The molecule has 0 amide bonds. The Hall–Kier alpha value is -0.420. The largest absolute Gasteiger partial charge is 0.123 e. The molecule has 0 unspecified atom stereocenters. The standard InChI is InChI=1S/C18H12S4/c1-2-10-14-12(18-16(10)20-7-8-22-18)4-3-11-13(14)9(1)15-17(11)21-6-5-19-15/h1-4H,5-8H2. The number of fused-ring (bicyclic) bond motifs is 2. The lowest BCUT2D eigenvalue weighted by atomic mass is 10.1. The Morgan fingerprint density at radius 1 is 0.455 bits per heavy atom. The molecular formula is C18H12S4. The summed E-state index contributed by atoms with van der Waals surface area (Å²) in [5.74, 6) is 4.98. The molecule has 2 heterocycles. The zero-order chi connectivity index (χ0) is 14.3. The van der Waals surface area contributed by atoms with Crippen LogP contribution >= 0.6 is 47.0 Å². The van der Waals surface area contributed by atoms with Crippen molar-refractivity contribution in [1.29, 1.82) is 0 Å². The molecule has 2 aliphatic heterocycles. The van der Waals surface area contributed by atoms with E-state index in [2.05, 4.69) is 71.3 Å². The van der Waals surface area contributed by atoms with E-state index in [9.17, 15) is 0 Å². The maximum Gasteiger partial charge on any atom is 0.0294 e. The van der Waals surface area contributed by atoms with Gasteiger partial charge in [0, 0.05) is 42.6 Å². The van der Waals surface area contributed by atoms with E-state index in [1.165, 1.54) is 54.7 Å². The smallest absolute Gasteiger partial charge is 0.0294 e. The third-order valence-electron chi connectivity index (χ3n) is 4.70. The normalized spacial score (nSPS) is 21.6. The molecule has 108 valence electrons. The minimum absolute atomic E-state index is 1.24. The van der Waals surface area contributed by atoms with E-state index in [0.717, 1.165) is 0 Å². The van der Waals surface area contributed by atoms with Gasteiger partial charge >= 0.3 is 0 Å². The van der Waals surface area contributed by atoms with Crippen molar-refractivity contribution in [3.63, 3.8) is 0 Å². The molecular weight excluding hydrogens is 344 g/mol. The molecule has 2 aromatic carbocycles. The Morgan fingerprint density at radius 2 is 0.727 bits per heavy atom. The Kier molecular flexibility index (Phi) is 2.68. The first kappa shape index (κ1) is 12.9. The lowest BCUT2D eigenvalue weighted by Gasteiger charge is -2.14. The van der Waals surface area contributed by atoms with Crippen molar-refractivity contribution in [2.24, 2.45) is 0 Å². The van der Waals surface area contributed by atoms with Gasteiger partial charge in [0.2, 0.25) is 0 Å². The van der Waals surface area contributed by atoms with Crippen LogP contribution in [-0.4, -0.2) is 23.0 Å². The summed E-state index contributed by atoms with van der Waals surface area (Å²) in [6.45, 7) is 0. The van der Waals surface area contributed by atoms with Gasteiger partial charge in [-0.2, -0.15) is 0 Å². The summed E-state index contributed by atoms with van der Waals surface area (Å²) in [5.41, 5.74) is 0. The van der Waals surface area contributed by atoms with Crippen molar-refractivity contribution in [1.82, 2.24) is 0 Å². The molecule has 0 spiro atoms. The highest BCUT2D eigenvalue weighted by Gasteiger charge is 2.26. The van der Waals surface area contributed by atoms with E-state index < -0.39 is 0 Å². The number of hydrogen-bond acceptors (Lipinski definition) is 4. The van der Waals surface area contributed by atoms with E-state index >= 15 is 0 Å². The first-order valence-electron chi connectivity index (χ1n) is 7.54. The minimum Gasteiger partial charge on any atom is -0.123 e. The molecule has 6 rings (SSSR count). The summed E-state index contributed by atoms with van der Waals surface area (Å²) in [4.78, 5) is 6.17. The first-order chi connectivity index (χ1) is 10.9. The number of hydrogen-bond donors (Lipinski definition) is 0. The van der Waals surface area contributed by atoms with Gasteiger partial charge in [-0.1, -0.05) is 24.3 Å². The van der Waals surface area contributed by atoms with Crippen LogP contribution in [0.25, 0.3) is 30.4 Å². The average molecular weight is 357 g/mol. The number of thioether (sulfide) groups is 4. The summed E-state index contributed by atoms with van der Waals surface area (Å²) >= 11 is 8.22. The highest BCUT2D eigenvalue weighted by Crippen LogP contribution is 2.43. The molecule has 2 aliphatic carbocycles. The summed E-state index contributed by atoms with van der Waals surface area (Å²) in [7, 11) is 0. The summed E-state index contributed by atoms with van der Waals surface area (Å²) in [6, 6.07) is 9.56. The van der Waals surface area contributed by atoms with Crippen LogP contribution in [0.1, 0.15) is 0 Å². The number of benzene rings is 2. The van der Waals surface area contributed by atoms with Crippen molar-refractivity contribution in [3.05, 3.63) is 45.1 Å². The second-order valence-corrected chi connectivity index (χ2v) is 10.2. The Balaban J connectivity index is 1.93. The SMILES string of the molecule is c1cc2c3c(ccc4c3c1=C1SCCSC=41)=C1SCCSC=21. The van der Waals surface area contributed by atoms with Gasteiger partial charge in [-0.3, -0.25) is 0 Å². The zero-order valence-electron chi connectivity index (χ0n) is 11.8. The molecule has 0 radical (unpaired) electrons. The maximum atomic E-state index is 2.39. The van der Waals surface area contributed by atoms with Gasteiger partial charge in [0.25, 0.3) is 0 Å². The molecule has 0 saturated carbocycles. The van der Waals surface area contributed by atoms with Crippen molar-refractivity contribution in [2.45, 2.75) is 0 Å². The van der Waals surface area contributed by atoms with Gasteiger partial charge in [-0.05, 0) is 31.6 Å². The molecule has 4 aliphatic rings. The second-order valence-electron chi connectivity index (χ2n) is 5.78. The quantitative estimate of drug-likeness (QED) is 0.710. The molecule has 0 bridgehead atoms. The summed E-state index contributed by atoms with van der Waals surface area (Å²) in [5, 5.41) is 9.07. The molecule has 4 heteroatoms. The third kappa shape index (κ3) is 1.48. The minimum atomic E-state index is 1.24. The molecule has 2 aromatic rings. The maximum absolute atomic E-state index is 2.39. The van der Waals surface area contributed by atoms with Crippen molar-refractivity contribution >= 4 is 77.4 Å². The molecule has 0 atom stereocenters. The third-order valence-corrected chi connectivity index (χ3v) is 9.96. The van der Waals surface area contributed by atoms with Gasteiger partial charge in [-0.15, -0.1) is 47.0 Å². The monoisotopic (exact) mass is 356 g/mol. The van der Waals surface area contributed by atoms with E-state index in [-0.39, 0.29) is 0 Å². The first-order valence-corrected chi connectivity index (χ1v) is 11.5. The predicted molar refractivity (Wildman–Crippen MR) is 106 cm³/mol. The van der Waals surface area contributed by atoms with Gasteiger partial charge < -0.3 is 0 Å². The van der Waals surface area contributed by atoms with E-state index in [1.807, 2.05) is 0 Å². The highest BCUT2D eigenvalue weighted by molar-refractivity contribution is 8.19. The lowest BCUT2D eigenvalue weighted by Crippen LogP contribution is -2.20. The lowest BCUT2D eigenvalue weighted by molar-refractivity contribution is 1.56. The van der Waals surface area contributed by atoms with Crippen molar-refractivity contribution in [3.8, 4) is 0 Å². The number of rotatable bonds is 0. The zero-order valence-corrected chi connectivity index (χ0v) is 15.0. The molecule has 22 heavy (non-hydrogen) atoms. The van der Waals surface area contributed by atoms with Crippen molar-refractivity contribution in [2.75, 3.05) is 23.0 Å². The Labute approximate surface area is 145 Å². The van der Waals surface area contributed by atoms with Crippen LogP contribution in [0, 0.1) is 0 Å². The van der Waals surface area contributed by atoms with E-state index in [1.54, 1.807) is 19.6 Å². The van der Waals surface area contributed by atoms with Crippen LogP contribution in [0.2, 0.25) is 0 Å². The van der Waals surface area contributed by atoms with Gasteiger partial charge in [-0.25, -0.2) is 0 Å². The van der Waals surface area contributed by atoms with Crippen LogP contribution in [0.4, 0.5) is 0 Å². The fraction of sp³-hybridized carbons (Fsp3) is 0.222. The van der Waals surface area contributed by atoms with Crippen LogP contribution in [0.15, 0.2) is 24.3 Å². The Bertz CT molecular complexity index is 947. The summed E-state index contributed by atoms with van der Waals surface area (Å²) in [6.07, 6.45) is 0. The molecule has 2 saturated heterocycles. The van der Waals surface area contributed by atoms with Crippen LogP contribution in [0.3, 0.4) is 0 Å². The predicted octanol–water partition coefficient (Wildman–Crippen LogP) is 2.26. The van der Waals surface area contributed by atoms with E-state index in [0.29, 0.717) is 0 Å². The van der Waals surface area contributed by atoms with Crippen LogP contribution in [-0.2, 0) is 0 Å². The summed E-state index contributed by atoms with van der Waals surface area (Å²) < 4.78 is 0. The fourth-order valence-corrected chi connectivity index (χ4v) is 9.01. The fourth-order valence-electron chi connectivity index (χ4n) is 3.89. The second kappa shape index (κ2) is 4.56. The van der Waals surface area contributed by atoms with Crippen LogP contribution in [0.5, 0.6) is 0 Å². The van der Waals surface area contributed by atoms with Crippen molar-refractivity contribution < 1.29 is 0 Å². The molecule has 0 aromatic heterocycles. The molecule has 0 nitrogen and oxygen atoms in total. The molecule has 0 N–H and O–H groups in total. The van der Waals surface area contributed by atoms with Gasteiger partial charge in [0.05, 0.1) is 0 Å².